The lowest BCUT2D eigenvalue weighted by Gasteiger charge is -2.31. The molecule has 1 aliphatic heterocycles. The van der Waals surface area contributed by atoms with Crippen LogP contribution in [-0.2, 0) is 9.53 Å². The number of nitrogens with one attached hydrogen (secondary N) is 1. The second-order valence-electron chi connectivity index (χ2n) is 3.54. The molecule has 88 valence electrons. The molecular formula is C8H12F3NO3. The molecule has 0 saturated carbocycles. The molecule has 1 aliphatic rings. The highest BCUT2D eigenvalue weighted by atomic mass is 19.4. The van der Waals surface area contributed by atoms with Gasteiger partial charge in [0.25, 0.3) is 0 Å². The van der Waals surface area contributed by atoms with Gasteiger partial charge in [0.05, 0.1) is 6.10 Å². The molecule has 1 fully saturated rings. The zero-order chi connectivity index (χ0) is 11.6. The Hall–Kier alpha value is -0.820. The van der Waals surface area contributed by atoms with Crippen LogP contribution in [-0.4, -0.2) is 35.6 Å². The van der Waals surface area contributed by atoms with E-state index in [9.17, 15) is 18.0 Å². The number of aliphatic hydroxyl groups is 1. The zero-order valence-corrected chi connectivity index (χ0v) is 8.04. The highest BCUT2D eigenvalue weighted by Crippen LogP contribution is 2.20. The van der Waals surface area contributed by atoms with Crippen molar-refractivity contribution in [2.24, 2.45) is 0 Å². The number of halogens is 3. The minimum absolute atomic E-state index is 0.0217. The van der Waals surface area contributed by atoms with Gasteiger partial charge in [-0.2, -0.15) is 13.2 Å². The van der Waals surface area contributed by atoms with E-state index in [1.807, 2.05) is 5.32 Å². The number of hydrogen-bond acceptors (Lipinski definition) is 3. The number of carbonyl (C=O) groups is 1. The number of carbonyl (C=O) groups excluding carboxylic acids is 1. The fraction of sp³-hybridized carbons (Fsp3) is 0.875. The lowest BCUT2D eigenvalue weighted by molar-refractivity contribution is -0.182. The summed E-state index contributed by atoms with van der Waals surface area (Å²) < 4.78 is 40.6. The molecule has 0 bridgehead atoms. The Bertz CT molecular complexity index is 234. The molecule has 1 amide bonds. The second kappa shape index (κ2) is 4.36. The zero-order valence-electron chi connectivity index (χ0n) is 8.04. The van der Waals surface area contributed by atoms with E-state index in [-0.39, 0.29) is 18.9 Å². The van der Waals surface area contributed by atoms with Crippen molar-refractivity contribution in [2.75, 3.05) is 0 Å². The Morgan fingerprint density at radius 2 is 2.07 bits per heavy atom. The van der Waals surface area contributed by atoms with Gasteiger partial charge in [0, 0.05) is 12.5 Å². The Kier molecular flexibility index (Phi) is 3.56. The third-order valence-electron chi connectivity index (χ3n) is 2.08. The average Bonchev–Trinajstić information content (AvgIpc) is 1.99. The monoisotopic (exact) mass is 227 g/mol. The van der Waals surface area contributed by atoms with Crippen LogP contribution in [0.2, 0.25) is 0 Å². The molecule has 0 aromatic carbocycles. The number of alkyl halides is 3. The number of hydrogen-bond donors (Lipinski definition) is 2. The second-order valence-corrected chi connectivity index (χ2v) is 3.54. The molecular weight excluding hydrogens is 215 g/mol. The highest BCUT2D eigenvalue weighted by Gasteiger charge is 2.40. The fourth-order valence-corrected chi connectivity index (χ4v) is 1.50. The maximum atomic E-state index is 11.9. The minimum Gasteiger partial charge on any atom is -0.368 e. The number of rotatable bonds is 1. The van der Waals surface area contributed by atoms with E-state index < -0.39 is 24.4 Å². The van der Waals surface area contributed by atoms with Crippen molar-refractivity contribution in [1.29, 1.82) is 0 Å². The molecule has 0 aromatic rings. The van der Waals surface area contributed by atoms with Crippen molar-refractivity contribution < 1.29 is 27.8 Å². The molecule has 1 heterocycles. The predicted molar refractivity (Wildman–Crippen MR) is 43.8 cm³/mol. The highest BCUT2D eigenvalue weighted by molar-refractivity contribution is 5.81. The van der Waals surface area contributed by atoms with Crippen LogP contribution in [0.1, 0.15) is 19.8 Å². The normalized spacial score (nSPS) is 32.5. The first-order valence-corrected chi connectivity index (χ1v) is 4.50. The van der Waals surface area contributed by atoms with Gasteiger partial charge in [-0.3, -0.25) is 4.79 Å². The minimum atomic E-state index is -4.88. The Morgan fingerprint density at radius 1 is 1.47 bits per heavy atom. The summed E-state index contributed by atoms with van der Waals surface area (Å²) in [7, 11) is 0. The first-order valence-electron chi connectivity index (χ1n) is 4.50. The van der Waals surface area contributed by atoms with E-state index in [2.05, 4.69) is 0 Å². The van der Waals surface area contributed by atoms with E-state index in [1.54, 1.807) is 6.92 Å². The summed E-state index contributed by atoms with van der Waals surface area (Å²) in [6.45, 7) is 1.62. The predicted octanol–water partition coefficient (Wildman–Crippen LogP) is 0.551. The maximum absolute atomic E-state index is 11.9. The summed E-state index contributed by atoms with van der Waals surface area (Å²) in [6, 6.07) is -0.696. The van der Waals surface area contributed by atoms with Gasteiger partial charge < -0.3 is 15.2 Å². The van der Waals surface area contributed by atoms with Crippen LogP contribution >= 0.6 is 0 Å². The molecule has 3 atom stereocenters. The van der Waals surface area contributed by atoms with Crippen molar-refractivity contribution >= 4 is 5.91 Å². The Morgan fingerprint density at radius 3 is 2.53 bits per heavy atom. The van der Waals surface area contributed by atoms with Gasteiger partial charge in [0.2, 0.25) is 0 Å². The third kappa shape index (κ3) is 3.67. The molecule has 0 aliphatic carbocycles. The van der Waals surface area contributed by atoms with E-state index in [4.69, 9.17) is 9.84 Å². The molecule has 2 N–H and O–H groups in total. The van der Waals surface area contributed by atoms with Crippen LogP contribution in [0.25, 0.3) is 0 Å². The molecule has 7 heteroatoms. The number of amides is 1. The quantitative estimate of drug-likeness (QED) is 0.687. The molecule has 0 aromatic heterocycles. The molecule has 15 heavy (non-hydrogen) atoms. The number of ether oxygens (including phenoxy) is 1. The average molecular weight is 227 g/mol. The van der Waals surface area contributed by atoms with Crippen LogP contribution in [0.3, 0.4) is 0 Å². The van der Waals surface area contributed by atoms with Crippen molar-refractivity contribution in [3.63, 3.8) is 0 Å². The van der Waals surface area contributed by atoms with Gasteiger partial charge in [-0.15, -0.1) is 0 Å². The Labute approximate surface area is 84.4 Å². The summed E-state index contributed by atoms with van der Waals surface area (Å²) in [5.41, 5.74) is 0. The molecule has 0 radical (unpaired) electrons. The maximum Gasteiger partial charge on any atom is 0.471 e. The van der Waals surface area contributed by atoms with E-state index >= 15 is 0 Å². The lowest BCUT2D eigenvalue weighted by atomic mass is 10.0. The summed E-state index contributed by atoms with van der Waals surface area (Å²) in [5, 5.41) is 10.9. The first kappa shape index (κ1) is 12.3. The number of aliphatic hydroxyl groups excluding tert-OH is 1. The van der Waals surface area contributed by atoms with Crippen LogP contribution in [0.15, 0.2) is 0 Å². The summed E-state index contributed by atoms with van der Waals surface area (Å²) in [5.74, 6) is -1.98. The molecule has 0 spiro atoms. The van der Waals surface area contributed by atoms with Gasteiger partial charge >= 0.3 is 12.1 Å². The van der Waals surface area contributed by atoms with Gasteiger partial charge in [-0.05, 0) is 13.3 Å². The molecule has 3 unspecified atom stereocenters. The van der Waals surface area contributed by atoms with Crippen LogP contribution in [0.4, 0.5) is 13.2 Å². The van der Waals surface area contributed by atoms with Gasteiger partial charge in [-0.25, -0.2) is 0 Å². The first-order chi connectivity index (χ1) is 6.79. The smallest absolute Gasteiger partial charge is 0.368 e. The van der Waals surface area contributed by atoms with Crippen molar-refractivity contribution in [3.05, 3.63) is 0 Å². The van der Waals surface area contributed by atoms with Crippen molar-refractivity contribution in [3.8, 4) is 0 Å². The largest absolute Gasteiger partial charge is 0.471 e. The van der Waals surface area contributed by atoms with E-state index in [0.29, 0.717) is 0 Å². The van der Waals surface area contributed by atoms with Crippen molar-refractivity contribution in [2.45, 2.75) is 44.4 Å². The van der Waals surface area contributed by atoms with E-state index in [1.165, 1.54) is 0 Å². The van der Waals surface area contributed by atoms with Gasteiger partial charge in [-0.1, -0.05) is 0 Å². The van der Waals surface area contributed by atoms with E-state index in [0.717, 1.165) is 0 Å². The van der Waals surface area contributed by atoms with Gasteiger partial charge in [0.1, 0.15) is 0 Å². The standard InChI is InChI=1S/C8H12F3NO3/c1-4-2-5(3-6(13)15-4)12-7(14)8(9,10)11/h4-6,13H,2-3H2,1H3,(H,12,14). The lowest BCUT2D eigenvalue weighted by Crippen LogP contribution is -2.48. The molecule has 1 rings (SSSR count). The topological polar surface area (TPSA) is 58.6 Å². The van der Waals surface area contributed by atoms with Gasteiger partial charge in [0.15, 0.2) is 6.29 Å². The fourth-order valence-electron chi connectivity index (χ4n) is 1.50. The molecule has 1 saturated heterocycles. The Balaban J connectivity index is 2.48. The summed E-state index contributed by atoms with van der Waals surface area (Å²) in [4.78, 5) is 10.6. The SMILES string of the molecule is CC1CC(NC(=O)C(F)(F)F)CC(O)O1. The van der Waals surface area contributed by atoms with Crippen molar-refractivity contribution in [1.82, 2.24) is 5.32 Å². The summed E-state index contributed by atoms with van der Waals surface area (Å²) in [6.07, 6.45) is -6.13. The summed E-state index contributed by atoms with van der Waals surface area (Å²) >= 11 is 0. The van der Waals surface area contributed by atoms with Crippen LogP contribution < -0.4 is 5.32 Å². The van der Waals surface area contributed by atoms with Crippen LogP contribution in [0, 0.1) is 0 Å². The molecule has 4 nitrogen and oxygen atoms in total. The third-order valence-corrected chi connectivity index (χ3v) is 2.08. The van der Waals surface area contributed by atoms with Crippen LogP contribution in [0.5, 0.6) is 0 Å².